The predicted octanol–water partition coefficient (Wildman–Crippen LogP) is 0.670. The Hall–Kier alpha value is -1.16. The molecule has 0 aliphatic carbocycles. The van der Waals surface area contributed by atoms with Crippen LogP contribution in [0.2, 0.25) is 0 Å². The van der Waals surface area contributed by atoms with Crippen LogP contribution in [0.25, 0.3) is 0 Å². The minimum Gasteiger partial charge on any atom is -0.381 e. The fraction of sp³-hybridized carbons (Fsp3) is 0.600. The first-order valence-electron chi connectivity index (χ1n) is 4.94. The van der Waals surface area contributed by atoms with Gasteiger partial charge in [-0.25, -0.2) is 0 Å². The summed E-state index contributed by atoms with van der Waals surface area (Å²) in [5.74, 6) is 0.573. The predicted molar refractivity (Wildman–Crippen MR) is 52.0 cm³/mol. The summed E-state index contributed by atoms with van der Waals surface area (Å²) in [7, 11) is 0. The lowest BCUT2D eigenvalue weighted by atomic mass is 10.0. The van der Waals surface area contributed by atoms with Crippen molar-refractivity contribution in [1.29, 1.82) is 0 Å². The zero-order valence-corrected chi connectivity index (χ0v) is 8.06. The van der Waals surface area contributed by atoms with Crippen LogP contribution in [-0.4, -0.2) is 22.8 Å². The summed E-state index contributed by atoms with van der Waals surface area (Å²) in [5.41, 5.74) is -0.0148. The second-order valence-electron chi connectivity index (χ2n) is 3.62. The van der Waals surface area contributed by atoms with Crippen molar-refractivity contribution >= 4 is 0 Å². The lowest BCUT2D eigenvalue weighted by molar-refractivity contribution is 0.0609. The van der Waals surface area contributed by atoms with Crippen LogP contribution in [0, 0.1) is 5.92 Å². The highest BCUT2D eigenvalue weighted by Crippen LogP contribution is 2.15. The van der Waals surface area contributed by atoms with Crippen molar-refractivity contribution in [1.82, 2.24) is 9.55 Å². The third-order valence-corrected chi connectivity index (χ3v) is 2.60. The van der Waals surface area contributed by atoms with E-state index >= 15 is 0 Å². The summed E-state index contributed by atoms with van der Waals surface area (Å²) >= 11 is 0. The van der Waals surface area contributed by atoms with Crippen molar-refractivity contribution in [3.05, 3.63) is 28.9 Å². The first-order valence-corrected chi connectivity index (χ1v) is 4.94. The third-order valence-electron chi connectivity index (χ3n) is 2.60. The smallest absolute Gasteiger partial charge is 0.268 e. The van der Waals surface area contributed by atoms with E-state index in [1.165, 1.54) is 6.20 Å². The van der Waals surface area contributed by atoms with Gasteiger partial charge in [-0.2, -0.15) is 0 Å². The van der Waals surface area contributed by atoms with E-state index in [1.807, 2.05) is 0 Å². The Kier molecular flexibility index (Phi) is 2.93. The van der Waals surface area contributed by atoms with Crippen LogP contribution in [0.4, 0.5) is 0 Å². The standard InChI is InChI=1S/C10H14N2O2/c13-10-7-11-3-4-12(10)8-9-1-5-14-6-2-9/h3-4,7,9H,1-2,5-6,8H2. The van der Waals surface area contributed by atoms with E-state index in [0.29, 0.717) is 5.92 Å². The zero-order valence-electron chi connectivity index (χ0n) is 8.06. The van der Waals surface area contributed by atoms with Gasteiger partial charge in [0.1, 0.15) is 0 Å². The van der Waals surface area contributed by atoms with Gasteiger partial charge >= 0.3 is 0 Å². The SMILES string of the molecule is O=c1cnccn1CC1CCOCC1. The molecule has 1 saturated heterocycles. The summed E-state index contributed by atoms with van der Waals surface area (Å²) in [5, 5.41) is 0. The van der Waals surface area contributed by atoms with E-state index in [-0.39, 0.29) is 5.56 Å². The van der Waals surface area contributed by atoms with E-state index in [4.69, 9.17) is 4.74 Å². The molecule has 2 heterocycles. The number of nitrogens with zero attached hydrogens (tertiary/aromatic N) is 2. The quantitative estimate of drug-likeness (QED) is 0.695. The molecule has 0 unspecified atom stereocenters. The summed E-state index contributed by atoms with van der Waals surface area (Å²) in [6.07, 6.45) is 6.86. The molecule has 4 heteroatoms. The maximum atomic E-state index is 11.4. The number of hydrogen-bond donors (Lipinski definition) is 0. The molecule has 1 aliphatic rings. The summed E-state index contributed by atoms with van der Waals surface area (Å²) in [6.45, 7) is 2.44. The van der Waals surface area contributed by atoms with E-state index < -0.39 is 0 Å². The first-order chi connectivity index (χ1) is 6.86. The van der Waals surface area contributed by atoms with Gasteiger partial charge in [0.05, 0.1) is 6.20 Å². The second-order valence-corrected chi connectivity index (χ2v) is 3.62. The first kappa shape index (κ1) is 9.40. The molecule has 14 heavy (non-hydrogen) atoms. The van der Waals surface area contributed by atoms with Crippen molar-refractivity contribution in [3.8, 4) is 0 Å². The monoisotopic (exact) mass is 194 g/mol. The Morgan fingerprint density at radius 1 is 1.50 bits per heavy atom. The van der Waals surface area contributed by atoms with E-state index in [2.05, 4.69) is 4.98 Å². The van der Waals surface area contributed by atoms with Gasteiger partial charge in [-0.3, -0.25) is 9.78 Å². The lowest BCUT2D eigenvalue weighted by Gasteiger charge is -2.22. The Morgan fingerprint density at radius 2 is 2.29 bits per heavy atom. The molecule has 0 aromatic carbocycles. The maximum Gasteiger partial charge on any atom is 0.268 e. The Balaban J connectivity index is 2.03. The molecular formula is C10H14N2O2. The molecular weight excluding hydrogens is 180 g/mol. The number of aromatic nitrogens is 2. The minimum absolute atomic E-state index is 0.0148. The average Bonchev–Trinajstić information content (AvgIpc) is 2.23. The van der Waals surface area contributed by atoms with Crippen LogP contribution in [0.3, 0.4) is 0 Å². The minimum atomic E-state index is -0.0148. The maximum absolute atomic E-state index is 11.4. The van der Waals surface area contributed by atoms with Crippen molar-refractivity contribution < 1.29 is 4.74 Å². The van der Waals surface area contributed by atoms with E-state index in [9.17, 15) is 4.79 Å². The fourth-order valence-electron chi connectivity index (χ4n) is 1.73. The molecule has 1 aromatic heterocycles. The molecule has 0 radical (unpaired) electrons. The van der Waals surface area contributed by atoms with Crippen molar-refractivity contribution in [3.63, 3.8) is 0 Å². The van der Waals surface area contributed by atoms with Gasteiger partial charge in [-0.1, -0.05) is 0 Å². The molecule has 1 fully saturated rings. The van der Waals surface area contributed by atoms with E-state index in [0.717, 1.165) is 32.6 Å². The third kappa shape index (κ3) is 2.20. The van der Waals surface area contributed by atoms with Crippen LogP contribution in [0.5, 0.6) is 0 Å². The molecule has 0 saturated carbocycles. The van der Waals surface area contributed by atoms with Crippen LogP contribution in [-0.2, 0) is 11.3 Å². The van der Waals surface area contributed by atoms with Gasteiger partial charge in [0.2, 0.25) is 0 Å². The summed E-state index contributed by atoms with van der Waals surface area (Å²) in [6, 6.07) is 0. The Bertz CT molecular complexity index is 342. The van der Waals surface area contributed by atoms with Crippen molar-refractivity contribution in [2.45, 2.75) is 19.4 Å². The summed E-state index contributed by atoms with van der Waals surface area (Å²) in [4.78, 5) is 15.1. The topological polar surface area (TPSA) is 44.1 Å². The van der Waals surface area contributed by atoms with Crippen molar-refractivity contribution in [2.24, 2.45) is 5.92 Å². The number of hydrogen-bond acceptors (Lipinski definition) is 3. The van der Waals surface area contributed by atoms with Gasteiger partial charge in [-0.05, 0) is 18.8 Å². The molecule has 1 aliphatic heterocycles. The highest BCUT2D eigenvalue weighted by molar-refractivity contribution is 4.81. The number of rotatable bonds is 2. The van der Waals surface area contributed by atoms with Crippen LogP contribution >= 0.6 is 0 Å². The highest BCUT2D eigenvalue weighted by Gasteiger charge is 2.14. The molecule has 0 spiro atoms. The molecule has 0 bridgehead atoms. The van der Waals surface area contributed by atoms with Gasteiger partial charge in [-0.15, -0.1) is 0 Å². The van der Waals surface area contributed by atoms with Crippen LogP contribution in [0.1, 0.15) is 12.8 Å². The van der Waals surface area contributed by atoms with Gasteiger partial charge in [0, 0.05) is 32.2 Å². The molecule has 1 aromatic rings. The molecule has 0 atom stereocenters. The largest absolute Gasteiger partial charge is 0.381 e. The highest BCUT2D eigenvalue weighted by atomic mass is 16.5. The molecule has 0 N–H and O–H groups in total. The number of ether oxygens (including phenoxy) is 1. The fourth-order valence-corrected chi connectivity index (χ4v) is 1.73. The molecule has 2 rings (SSSR count). The van der Waals surface area contributed by atoms with Gasteiger partial charge in [0.25, 0.3) is 5.56 Å². The zero-order chi connectivity index (χ0) is 9.80. The average molecular weight is 194 g/mol. The summed E-state index contributed by atoms with van der Waals surface area (Å²) < 4.78 is 6.99. The molecule has 76 valence electrons. The molecule has 4 nitrogen and oxygen atoms in total. The van der Waals surface area contributed by atoms with E-state index in [1.54, 1.807) is 17.0 Å². The van der Waals surface area contributed by atoms with Crippen molar-refractivity contribution in [2.75, 3.05) is 13.2 Å². The van der Waals surface area contributed by atoms with Gasteiger partial charge < -0.3 is 9.30 Å². The Morgan fingerprint density at radius 3 is 3.00 bits per heavy atom. The second kappa shape index (κ2) is 4.37. The lowest BCUT2D eigenvalue weighted by Crippen LogP contribution is -2.26. The molecule has 0 amide bonds. The Labute approximate surface area is 82.5 Å². The van der Waals surface area contributed by atoms with Crippen LogP contribution < -0.4 is 5.56 Å². The normalized spacial score (nSPS) is 18.3. The van der Waals surface area contributed by atoms with Crippen LogP contribution in [0.15, 0.2) is 23.4 Å². The van der Waals surface area contributed by atoms with Gasteiger partial charge in [0.15, 0.2) is 0 Å².